The van der Waals surface area contributed by atoms with Crippen molar-refractivity contribution >= 4 is 24.3 Å². The van der Waals surface area contributed by atoms with Gasteiger partial charge in [0.2, 0.25) is 11.8 Å². The highest BCUT2D eigenvalue weighted by molar-refractivity contribution is 7.71. The SMILES string of the molecule is CCCCC(=O)N/N=C/c1c(O)n(CCC2=CCCCC2)c(=S)[nH]c1=O. The van der Waals surface area contributed by atoms with Crippen LogP contribution in [-0.2, 0) is 11.3 Å². The number of amides is 1. The molecule has 0 aromatic carbocycles. The van der Waals surface area contributed by atoms with Crippen molar-refractivity contribution in [2.45, 2.75) is 64.8 Å². The van der Waals surface area contributed by atoms with E-state index in [4.69, 9.17) is 12.2 Å². The van der Waals surface area contributed by atoms with Crippen LogP contribution >= 0.6 is 12.2 Å². The van der Waals surface area contributed by atoms with E-state index >= 15 is 0 Å². The maximum Gasteiger partial charge on any atom is 0.264 e. The minimum atomic E-state index is -0.535. The van der Waals surface area contributed by atoms with Gasteiger partial charge in [-0.25, -0.2) is 5.43 Å². The Labute approximate surface area is 157 Å². The maximum atomic E-state index is 12.1. The number of carbonyl (C=O) groups excluding carboxylic acids is 1. The molecule has 1 amide bonds. The van der Waals surface area contributed by atoms with Crippen molar-refractivity contribution in [2.75, 3.05) is 0 Å². The zero-order valence-corrected chi connectivity index (χ0v) is 15.9. The summed E-state index contributed by atoms with van der Waals surface area (Å²) in [5, 5.41) is 14.2. The summed E-state index contributed by atoms with van der Waals surface area (Å²) in [5.41, 5.74) is 3.15. The van der Waals surface area contributed by atoms with Crippen LogP contribution in [0.4, 0.5) is 0 Å². The Morgan fingerprint density at radius 3 is 3.00 bits per heavy atom. The lowest BCUT2D eigenvalue weighted by Crippen LogP contribution is -2.21. The third-order valence-electron chi connectivity index (χ3n) is 4.39. The predicted molar refractivity (Wildman–Crippen MR) is 104 cm³/mol. The van der Waals surface area contributed by atoms with E-state index in [1.165, 1.54) is 23.0 Å². The third-order valence-corrected chi connectivity index (χ3v) is 4.71. The summed E-state index contributed by atoms with van der Waals surface area (Å²) < 4.78 is 1.67. The van der Waals surface area contributed by atoms with Gasteiger partial charge in [0.15, 0.2) is 4.77 Å². The first-order valence-electron chi connectivity index (χ1n) is 9.08. The van der Waals surface area contributed by atoms with Crippen LogP contribution < -0.4 is 11.0 Å². The molecule has 3 N–H and O–H groups in total. The lowest BCUT2D eigenvalue weighted by atomic mass is 9.97. The molecule has 0 bridgehead atoms. The maximum absolute atomic E-state index is 12.1. The summed E-state index contributed by atoms with van der Waals surface area (Å²) in [4.78, 5) is 26.2. The van der Waals surface area contributed by atoms with E-state index in [1.807, 2.05) is 6.92 Å². The van der Waals surface area contributed by atoms with Crippen LogP contribution in [0.15, 0.2) is 21.5 Å². The first-order valence-corrected chi connectivity index (χ1v) is 9.49. The summed E-state index contributed by atoms with van der Waals surface area (Å²) in [7, 11) is 0. The van der Waals surface area contributed by atoms with E-state index in [1.54, 1.807) is 0 Å². The fraction of sp³-hybridized carbons (Fsp3) is 0.556. The van der Waals surface area contributed by atoms with Gasteiger partial charge < -0.3 is 5.11 Å². The number of nitrogens with one attached hydrogen (secondary N) is 2. The number of hydrogen-bond acceptors (Lipinski definition) is 5. The Bertz CT molecular complexity index is 808. The number of aromatic nitrogens is 2. The number of nitrogens with zero attached hydrogens (tertiary/aromatic N) is 2. The van der Waals surface area contributed by atoms with Gasteiger partial charge in [-0.1, -0.05) is 25.0 Å². The summed E-state index contributed by atoms with van der Waals surface area (Å²) in [6.45, 7) is 2.48. The van der Waals surface area contributed by atoms with Crippen LogP contribution in [0.5, 0.6) is 5.88 Å². The summed E-state index contributed by atoms with van der Waals surface area (Å²) in [5.74, 6) is -0.460. The van der Waals surface area contributed by atoms with Crippen LogP contribution in [0.2, 0.25) is 0 Å². The number of allylic oxidation sites excluding steroid dienone is 2. The summed E-state index contributed by atoms with van der Waals surface area (Å²) >= 11 is 5.17. The van der Waals surface area contributed by atoms with E-state index in [0.717, 1.165) is 38.3 Å². The average Bonchev–Trinajstić information content (AvgIpc) is 2.63. The van der Waals surface area contributed by atoms with Crippen LogP contribution in [-0.4, -0.2) is 26.8 Å². The molecule has 142 valence electrons. The number of carbonyl (C=O) groups is 1. The van der Waals surface area contributed by atoms with Gasteiger partial charge in [-0.2, -0.15) is 5.10 Å². The van der Waals surface area contributed by atoms with Gasteiger partial charge in [0.25, 0.3) is 5.56 Å². The Kier molecular flexibility index (Phi) is 7.77. The molecule has 0 fully saturated rings. The highest BCUT2D eigenvalue weighted by Crippen LogP contribution is 2.22. The predicted octanol–water partition coefficient (Wildman–Crippen LogP) is 3.14. The highest BCUT2D eigenvalue weighted by Gasteiger charge is 2.12. The normalized spacial score (nSPS) is 14.4. The minimum Gasteiger partial charge on any atom is -0.494 e. The van der Waals surface area contributed by atoms with Crippen LogP contribution in [0, 0.1) is 4.77 Å². The molecule has 2 rings (SSSR count). The van der Waals surface area contributed by atoms with E-state index in [-0.39, 0.29) is 22.1 Å². The molecule has 1 aromatic rings. The van der Waals surface area contributed by atoms with Gasteiger partial charge in [0.05, 0.1) is 6.21 Å². The molecule has 0 unspecified atom stereocenters. The fourth-order valence-electron chi connectivity index (χ4n) is 2.85. The summed E-state index contributed by atoms with van der Waals surface area (Å²) in [6.07, 6.45) is 10.8. The van der Waals surface area contributed by atoms with Gasteiger partial charge in [-0.05, 0) is 50.7 Å². The molecule has 0 saturated heterocycles. The number of H-pyrrole nitrogens is 1. The lowest BCUT2D eigenvalue weighted by Gasteiger charge is -2.15. The first kappa shape index (κ1) is 20.1. The van der Waals surface area contributed by atoms with Crippen LogP contribution in [0.1, 0.15) is 63.9 Å². The second kappa shape index (κ2) is 10.1. The molecule has 26 heavy (non-hydrogen) atoms. The Hall–Kier alpha value is -2.22. The van der Waals surface area contributed by atoms with Gasteiger partial charge in [-0.15, -0.1) is 0 Å². The van der Waals surface area contributed by atoms with Crippen molar-refractivity contribution in [3.05, 3.63) is 32.3 Å². The van der Waals surface area contributed by atoms with Crippen LogP contribution in [0.3, 0.4) is 0 Å². The van der Waals surface area contributed by atoms with Crippen molar-refractivity contribution in [3.63, 3.8) is 0 Å². The van der Waals surface area contributed by atoms with Crippen molar-refractivity contribution in [1.29, 1.82) is 0 Å². The Morgan fingerprint density at radius 1 is 1.50 bits per heavy atom. The van der Waals surface area contributed by atoms with Gasteiger partial charge in [0, 0.05) is 13.0 Å². The molecule has 0 aliphatic heterocycles. The molecule has 1 heterocycles. The molecule has 0 radical (unpaired) electrons. The van der Waals surface area contributed by atoms with E-state index < -0.39 is 5.56 Å². The quantitative estimate of drug-likeness (QED) is 0.280. The monoisotopic (exact) mass is 378 g/mol. The Morgan fingerprint density at radius 2 is 2.31 bits per heavy atom. The topological polar surface area (TPSA) is 99.5 Å². The Balaban J connectivity index is 2.11. The van der Waals surface area contributed by atoms with Crippen molar-refractivity contribution in [2.24, 2.45) is 5.10 Å². The number of hydrazone groups is 1. The molecule has 7 nitrogen and oxygen atoms in total. The van der Waals surface area contributed by atoms with Crippen molar-refractivity contribution in [3.8, 4) is 5.88 Å². The molecular weight excluding hydrogens is 352 g/mol. The molecule has 0 atom stereocenters. The smallest absolute Gasteiger partial charge is 0.264 e. The molecule has 1 aliphatic rings. The van der Waals surface area contributed by atoms with Crippen molar-refractivity contribution in [1.82, 2.24) is 15.0 Å². The molecule has 1 aliphatic carbocycles. The molecule has 0 saturated carbocycles. The second-order valence-electron chi connectivity index (χ2n) is 6.40. The van der Waals surface area contributed by atoms with Gasteiger partial charge in [0.1, 0.15) is 5.56 Å². The third kappa shape index (κ3) is 5.66. The zero-order valence-electron chi connectivity index (χ0n) is 15.1. The summed E-state index contributed by atoms with van der Waals surface area (Å²) in [6, 6.07) is 0. The van der Waals surface area contributed by atoms with Gasteiger partial charge in [-0.3, -0.25) is 19.1 Å². The largest absolute Gasteiger partial charge is 0.494 e. The van der Waals surface area contributed by atoms with Crippen LogP contribution in [0.25, 0.3) is 0 Å². The number of aromatic amines is 1. The number of unbranched alkanes of at least 4 members (excludes halogenated alkanes) is 1. The standard InChI is InChI=1S/C18H26N4O3S/c1-2-3-9-15(23)21-19-12-14-16(24)20-18(26)22(17(14)25)11-10-13-7-5-4-6-8-13/h7,12,25H,2-6,8-11H2,1H3,(H,21,23)(H,20,24,26)/b19-12+. The molecule has 8 heteroatoms. The molecule has 1 aromatic heterocycles. The molecule has 0 spiro atoms. The second-order valence-corrected chi connectivity index (χ2v) is 6.79. The molecular formula is C18H26N4O3S. The zero-order chi connectivity index (χ0) is 18.9. The average molecular weight is 378 g/mol. The van der Waals surface area contributed by atoms with Gasteiger partial charge >= 0.3 is 0 Å². The first-order chi connectivity index (χ1) is 12.5. The number of aromatic hydroxyl groups is 1. The van der Waals surface area contributed by atoms with Crippen molar-refractivity contribution < 1.29 is 9.90 Å². The highest BCUT2D eigenvalue weighted by atomic mass is 32.1. The van der Waals surface area contributed by atoms with E-state index in [9.17, 15) is 14.7 Å². The lowest BCUT2D eigenvalue weighted by molar-refractivity contribution is -0.121. The fourth-order valence-corrected chi connectivity index (χ4v) is 3.12. The van der Waals surface area contributed by atoms with E-state index in [2.05, 4.69) is 21.6 Å². The minimum absolute atomic E-state index is 0.0213. The number of hydrogen-bond donors (Lipinski definition) is 3. The van der Waals surface area contributed by atoms with E-state index in [0.29, 0.717) is 13.0 Å². The number of rotatable bonds is 8.